The van der Waals surface area contributed by atoms with Gasteiger partial charge in [0.05, 0.1) is 22.7 Å². The molecule has 2 saturated carbocycles. The molecule has 0 saturated heterocycles. The molecule has 2 aliphatic carbocycles. The van der Waals surface area contributed by atoms with E-state index in [4.69, 9.17) is 8.83 Å². The van der Waals surface area contributed by atoms with Crippen molar-refractivity contribution in [1.29, 1.82) is 0 Å². The van der Waals surface area contributed by atoms with Crippen molar-refractivity contribution in [2.45, 2.75) is 130 Å². The number of fused-ring (bicyclic) bond motifs is 6. The van der Waals surface area contributed by atoms with Crippen molar-refractivity contribution < 1.29 is 8.83 Å². The number of nitrogens with zero attached hydrogens (tertiary/aromatic N) is 2. The van der Waals surface area contributed by atoms with Gasteiger partial charge in [-0.3, -0.25) is 0 Å². The summed E-state index contributed by atoms with van der Waals surface area (Å²) in [5.41, 5.74) is 25.6. The average Bonchev–Trinajstić information content (AvgIpc) is 1.14. The first kappa shape index (κ1) is 54.3. The maximum absolute atomic E-state index is 7.48. The Balaban J connectivity index is 1.01. The highest BCUT2D eigenvalue weighted by Crippen LogP contribution is 2.55. The lowest BCUT2D eigenvalue weighted by Crippen LogP contribution is -2.15. The first-order chi connectivity index (χ1) is 43.2. The number of aryl methyl sites for hydroxylation is 6. The molecule has 0 amide bonds. The van der Waals surface area contributed by atoms with Gasteiger partial charge in [-0.15, -0.1) is 0 Å². The summed E-state index contributed by atoms with van der Waals surface area (Å²) in [5, 5.41) is 12.5. The van der Waals surface area contributed by atoms with Crippen LogP contribution in [0.3, 0.4) is 0 Å². The van der Waals surface area contributed by atoms with Crippen LogP contribution in [0.25, 0.3) is 98.4 Å². The van der Waals surface area contributed by atoms with Crippen molar-refractivity contribution in [2.75, 3.05) is 9.80 Å². The van der Waals surface area contributed by atoms with Gasteiger partial charge in [0.15, 0.2) is 11.2 Å². The van der Waals surface area contributed by atoms with Gasteiger partial charge < -0.3 is 18.6 Å². The van der Waals surface area contributed by atoms with Crippen molar-refractivity contribution in [2.24, 2.45) is 0 Å². The predicted octanol–water partition coefficient (Wildman–Crippen LogP) is 25.1. The van der Waals surface area contributed by atoms with Crippen LogP contribution in [0.4, 0.5) is 34.1 Å². The summed E-state index contributed by atoms with van der Waals surface area (Å²) in [5.74, 6) is 0.843. The van der Waals surface area contributed by atoms with Crippen LogP contribution in [0.15, 0.2) is 203 Å². The van der Waals surface area contributed by atoms with Crippen molar-refractivity contribution in [3.05, 3.63) is 239 Å². The monoisotopic (exact) mass is 1140 g/mol. The number of hydrogen-bond acceptors (Lipinski definition) is 4. The normalized spacial score (nSPS) is 14.5. The fourth-order valence-corrected chi connectivity index (χ4v) is 16.4. The minimum atomic E-state index is 0.422. The lowest BCUT2D eigenvalue weighted by molar-refractivity contribution is 0.445. The average molecular weight is 1150 g/mol. The third kappa shape index (κ3) is 8.91. The Morgan fingerprint density at radius 2 is 0.670 bits per heavy atom. The van der Waals surface area contributed by atoms with Crippen molar-refractivity contribution >= 4 is 110 Å². The number of furan rings is 2. The summed E-state index contributed by atoms with van der Waals surface area (Å²) in [6, 6.07) is 74.3. The van der Waals surface area contributed by atoms with Crippen LogP contribution in [-0.2, 0) is 12.8 Å². The van der Waals surface area contributed by atoms with E-state index < -0.39 is 0 Å². The third-order valence-corrected chi connectivity index (χ3v) is 20.3. The highest BCUT2D eigenvalue weighted by Gasteiger charge is 2.32. The minimum absolute atomic E-state index is 0.422. The van der Waals surface area contributed by atoms with Gasteiger partial charge in [0, 0.05) is 54.8 Å². The number of benzene rings is 12. The van der Waals surface area contributed by atoms with Gasteiger partial charge in [-0.2, -0.15) is 0 Å². The molecule has 4 nitrogen and oxygen atoms in total. The van der Waals surface area contributed by atoms with E-state index in [1.54, 1.807) is 0 Å². The van der Waals surface area contributed by atoms with Crippen LogP contribution >= 0.6 is 0 Å². The first-order valence-corrected chi connectivity index (χ1v) is 32.8. The van der Waals surface area contributed by atoms with E-state index in [2.05, 4.69) is 245 Å². The highest BCUT2D eigenvalue weighted by atomic mass is 16.3. The molecule has 2 aliphatic rings. The highest BCUT2D eigenvalue weighted by molar-refractivity contribution is 6.30. The zero-order valence-corrected chi connectivity index (χ0v) is 51.8. The van der Waals surface area contributed by atoms with Gasteiger partial charge in [0.25, 0.3) is 0 Å². The van der Waals surface area contributed by atoms with Crippen LogP contribution in [0.5, 0.6) is 0 Å². The lowest BCUT2D eigenvalue weighted by Gasteiger charge is -2.33. The standard InChI is InChI=1S/C84H76N2O2/c1-7-55-23-15-17-29-61(55)65-31-19-33-67-69-35-21-37-75(83(69)87-81(65)67)85(59-45-51(3)43-52(4)46-59)77-49-73(57-25-11-9-12-26-57)63-40-42-72-78(50-74(58-27-13-10-14-28-58)64-39-41-71(77)79(63)80(64)72)86(60-47-53(5)44-54(6)48-60)76-38-22-36-70-68-34-20-32-66(82(68)88-84(70)76)62-30-18-16-24-56(62)8-2/h15-24,29-50,57-58H,7-14,25-28H2,1-6H3. The van der Waals surface area contributed by atoms with E-state index in [1.807, 2.05) is 0 Å². The number of rotatable bonds is 12. The molecule has 2 heterocycles. The Morgan fingerprint density at radius 1 is 0.318 bits per heavy atom. The Hall–Kier alpha value is -9.12. The Morgan fingerprint density at radius 3 is 1.07 bits per heavy atom. The Labute approximate surface area is 517 Å². The van der Waals surface area contributed by atoms with Gasteiger partial charge in [0.1, 0.15) is 11.2 Å². The quantitative estimate of drug-likeness (QED) is 0.114. The van der Waals surface area contributed by atoms with Crippen LogP contribution in [0.2, 0.25) is 0 Å². The molecule has 2 fully saturated rings. The summed E-state index contributed by atoms with van der Waals surface area (Å²) >= 11 is 0. The summed E-state index contributed by atoms with van der Waals surface area (Å²) in [6.45, 7) is 13.5. The molecule has 0 N–H and O–H groups in total. The van der Waals surface area contributed by atoms with Crippen LogP contribution in [-0.4, -0.2) is 0 Å². The molecular weight excluding hydrogens is 1070 g/mol. The summed E-state index contributed by atoms with van der Waals surface area (Å²) in [6.07, 6.45) is 14.1. The van der Waals surface area contributed by atoms with Crippen molar-refractivity contribution in [3.63, 3.8) is 0 Å². The number of hydrogen-bond donors (Lipinski definition) is 0. The molecule has 4 heteroatoms. The van der Waals surface area contributed by atoms with Gasteiger partial charge in [-0.1, -0.05) is 198 Å². The summed E-state index contributed by atoms with van der Waals surface area (Å²) in [7, 11) is 0. The van der Waals surface area contributed by atoms with Crippen LogP contribution in [0, 0.1) is 27.7 Å². The van der Waals surface area contributed by atoms with E-state index >= 15 is 0 Å². The molecule has 2 aromatic heterocycles. The molecule has 88 heavy (non-hydrogen) atoms. The lowest BCUT2D eigenvalue weighted by atomic mass is 9.77. The molecule has 0 radical (unpaired) electrons. The first-order valence-electron chi connectivity index (χ1n) is 32.8. The smallest absolute Gasteiger partial charge is 0.159 e. The Bertz CT molecular complexity index is 4680. The number of para-hydroxylation sites is 4. The third-order valence-electron chi connectivity index (χ3n) is 20.3. The van der Waals surface area contributed by atoms with E-state index in [1.165, 1.54) is 164 Å². The molecule has 0 spiro atoms. The minimum Gasteiger partial charge on any atom is -0.453 e. The van der Waals surface area contributed by atoms with E-state index in [0.29, 0.717) is 11.8 Å². The maximum Gasteiger partial charge on any atom is 0.159 e. The van der Waals surface area contributed by atoms with E-state index in [9.17, 15) is 0 Å². The van der Waals surface area contributed by atoms with E-state index in [0.717, 1.165) is 90.6 Å². The van der Waals surface area contributed by atoms with Crippen molar-refractivity contribution in [1.82, 2.24) is 0 Å². The number of anilines is 6. The molecule has 0 unspecified atom stereocenters. The zero-order chi connectivity index (χ0) is 59.3. The van der Waals surface area contributed by atoms with Gasteiger partial charge in [-0.05, 0) is 204 Å². The molecule has 434 valence electrons. The molecule has 0 atom stereocenters. The second-order valence-electron chi connectivity index (χ2n) is 26.0. The fraction of sp³-hybridized carbons (Fsp3) is 0.238. The predicted molar refractivity (Wildman–Crippen MR) is 374 cm³/mol. The molecule has 12 aromatic carbocycles. The molecule has 16 rings (SSSR count). The zero-order valence-electron chi connectivity index (χ0n) is 51.8. The second kappa shape index (κ2) is 21.9. The van der Waals surface area contributed by atoms with E-state index in [-0.39, 0.29) is 0 Å². The Kier molecular flexibility index (Phi) is 13.5. The summed E-state index contributed by atoms with van der Waals surface area (Å²) < 4.78 is 15.0. The van der Waals surface area contributed by atoms with Gasteiger partial charge in [0.2, 0.25) is 0 Å². The molecule has 0 aliphatic heterocycles. The maximum atomic E-state index is 7.48. The summed E-state index contributed by atoms with van der Waals surface area (Å²) in [4.78, 5) is 5.17. The van der Waals surface area contributed by atoms with Crippen LogP contribution < -0.4 is 9.80 Å². The fourth-order valence-electron chi connectivity index (χ4n) is 16.4. The molecular formula is C84H76N2O2. The largest absolute Gasteiger partial charge is 0.453 e. The van der Waals surface area contributed by atoms with Crippen molar-refractivity contribution in [3.8, 4) is 22.3 Å². The second-order valence-corrected chi connectivity index (χ2v) is 26.0. The molecule has 0 bridgehead atoms. The van der Waals surface area contributed by atoms with Crippen LogP contribution in [0.1, 0.15) is 134 Å². The SMILES string of the molecule is CCc1ccccc1-c1cccc2c1oc1c(N(c3cc(C)cc(C)c3)c3cc(C4CCCCC4)c4ccc5c(N(c6cc(C)cc(C)c6)c6cccc7c6oc6c(-c8ccccc8CC)cccc67)cc(C6CCCCC6)c6ccc3c4c65)cccc12. The van der Waals surface area contributed by atoms with Gasteiger partial charge in [-0.25, -0.2) is 0 Å². The molecule has 14 aromatic rings. The topological polar surface area (TPSA) is 32.8 Å². The van der Waals surface area contributed by atoms with Gasteiger partial charge >= 0.3 is 0 Å².